The maximum absolute atomic E-state index is 12.6. The van der Waals surface area contributed by atoms with E-state index in [1.807, 2.05) is 55.5 Å². The molecule has 0 spiro atoms. The van der Waals surface area contributed by atoms with Crippen molar-refractivity contribution in [3.63, 3.8) is 0 Å². The van der Waals surface area contributed by atoms with Crippen molar-refractivity contribution < 1.29 is 4.79 Å². The van der Waals surface area contributed by atoms with Crippen LogP contribution < -0.4 is 5.01 Å². The number of hydrogen-bond acceptors (Lipinski definition) is 2. The number of halogens is 1. The summed E-state index contributed by atoms with van der Waals surface area (Å²) < 4.78 is 0. The second kappa shape index (κ2) is 5.54. The van der Waals surface area contributed by atoms with E-state index in [0.29, 0.717) is 22.0 Å². The van der Waals surface area contributed by atoms with Gasteiger partial charge in [0.15, 0.2) is 0 Å². The lowest BCUT2D eigenvalue weighted by Gasteiger charge is -2.13. The van der Waals surface area contributed by atoms with E-state index in [4.69, 9.17) is 11.6 Å². The maximum atomic E-state index is 12.6. The van der Waals surface area contributed by atoms with Gasteiger partial charge in [-0.1, -0.05) is 54.1 Å². The lowest BCUT2D eigenvalue weighted by Crippen LogP contribution is -2.21. The highest BCUT2D eigenvalue weighted by Gasteiger charge is 2.29. The number of rotatable bonds is 2. The third-order valence-corrected chi connectivity index (χ3v) is 3.57. The first kappa shape index (κ1) is 13.6. The van der Waals surface area contributed by atoms with Crippen molar-refractivity contribution in [2.24, 2.45) is 5.10 Å². The van der Waals surface area contributed by atoms with Gasteiger partial charge in [0, 0.05) is 0 Å². The van der Waals surface area contributed by atoms with Crippen molar-refractivity contribution in [2.45, 2.75) is 6.92 Å². The summed E-state index contributed by atoms with van der Waals surface area (Å²) in [6, 6.07) is 16.9. The first-order valence-corrected chi connectivity index (χ1v) is 6.96. The minimum atomic E-state index is -0.163. The standard InChI is InChI=1S/C17H13ClN2O/c1-12-14(11-13-7-3-2-4-8-13)17(21)20(19-12)16-10-6-5-9-15(16)18/h2-11H,1H3/b14-11-. The molecule has 3 rings (SSSR count). The van der Waals surface area contributed by atoms with Crippen molar-refractivity contribution >= 4 is 35.0 Å². The molecule has 0 fully saturated rings. The molecule has 2 aromatic carbocycles. The molecule has 0 unspecified atom stereocenters. The molecule has 1 heterocycles. The molecule has 0 atom stereocenters. The second-order valence-corrected chi connectivity index (χ2v) is 5.13. The van der Waals surface area contributed by atoms with Crippen LogP contribution in [0.5, 0.6) is 0 Å². The quantitative estimate of drug-likeness (QED) is 0.766. The number of nitrogens with zero attached hydrogens (tertiary/aromatic N) is 2. The molecule has 3 nitrogen and oxygen atoms in total. The molecule has 0 N–H and O–H groups in total. The molecular weight excluding hydrogens is 284 g/mol. The van der Waals surface area contributed by atoms with Crippen molar-refractivity contribution in [3.05, 3.63) is 70.8 Å². The Hall–Kier alpha value is -2.39. The smallest absolute Gasteiger partial charge is 0.267 e. The zero-order valence-electron chi connectivity index (χ0n) is 11.5. The van der Waals surface area contributed by atoms with Crippen molar-refractivity contribution in [2.75, 3.05) is 5.01 Å². The normalized spacial score (nSPS) is 16.5. The average Bonchev–Trinajstić information content (AvgIpc) is 2.77. The summed E-state index contributed by atoms with van der Waals surface area (Å²) in [4.78, 5) is 12.6. The average molecular weight is 297 g/mol. The van der Waals surface area contributed by atoms with Gasteiger partial charge < -0.3 is 0 Å². The van der Waals surface area contributed by atoms with Crippen LogP contribution >= 0.6 is 11.6 Å². The molecule has 104 valence electrons. The highest BCUT2D eigenvalue weighted by molar-refractivity contribution is 6.37. The summed E-state index contributed by atoms with van der Waals surface area (Å²) in [6.45, 7) is 1.82. The summed E-state index contributed by atoms with van der Waals surface area (Å²) in [7, 11) is 0. The largest absolute Gasteiger partial charge is 0.280 e. The molecule has 1 amide bonds. The van der Waals surface area contributed by atoms with Gasteiger partial charge in [0.25, 0.3) is 5.91 Å². The van der Waals surface area contributed by atoms with Crippen LogP contribution in [0, 0.1) is 0 Å². The van der Waals surface area contributed by atoms with Crippen LogP contribution in [0.15, 0.2) is 65.3 Å². The summed E-state index contributed by atoms with van der Waals surface area (Å²) >= 11 is 6.14. The lowest BCUT2D eigenvalue weighted by atomic mass is 10.1. The Bertz CT molecular complexity index is 750. The summed E-state index contributed by atoms with van der Waals surface area (Å²) in [5, 5.41) is 6.18. The van der Waals surface area contributed by atoms with Crippen LogP contribution in [0.4, 0.5) is 5.69 Å². The van der Waals surface area contributed by atoms with Crippen LogP contribution in [-0.2, 0) is 4.79 Å². The Kier molecular flexibility index (Phi) is 3.59. The van der Waals surface area contributed by atoms with Crippen molar-refractivity contribution in [3.8, 4) is 0 Å². The number of anilines is 1. The van der Waals surface area contributed by atoms with Gasteiger partial charge in [-0.3, -0.25) is 4.79 Å². The van der Waals surface area contributed by atoms with Crippen LogP contribution in [0.3, 0.4) is 0 Å². The fourth-order valence-electron chi connectivity index (χ4n) is 2.19. The molecule has 2 aromatic rings. The minimum absolute atomic E-state index is 0.163. The fraction of sp³-hybridized carbons (Fsp3) is 0.0588. The Morgan fingerprint density at radius 3 is 2.43 bits per heavy atom. The molecule has 1 aliphatic rings. The van der Waals surface area contributed by atoms with E-state index in [1.165, 1.54) is 5.01 Å². The molecular formula is C17H13ClN2O. The number of carbonyl (C=O) groups excluding carboxylic acids is 1. The van der Waals surface area contributed by atoms with E-state index >= 15 is 0 Å². The van der Waals surface area contributed by atoms with E-state index in [0.717, 1.165) is 5.56 Å². The Labute approximate surface area is 128 Å². The Morgan fingerprint density at radius 2 is 1.71 bits per heavy atom. The molecule has 0 bridgehead atoms. The maximum Gasteiger partial charge on any atom is 0.280 e. The van der Waals surface area contributed by atoms with Crippen molar-refractivity contribution in [1.29, 1.82) is 0 Å². The van der Waals surface area contributed by atoms with Crippen LogP contribution in [0.1, 0.15) is 12.5 Å². The lowest BCUT2D eigenvalue weighted by molar-refractivity contribution is -0.114. The van der Waals surface area contributed by atoms with E-state index < -0.39 is 0 Å². The third kappa shape index (κ3) is 2.60. The van der Waals surface area contributed by atoms with Gasteiger partial charge in [-0.05, 0) is 30.7 Å². The van der Waals surface area contributed by atoms with Crippen LogP contribution in [0.25, 0.3) is 6.08 Å². The molecule has 0 saturated carbocycles. The van der Waals surface area contributed by atoms with Gasteiger partial charge in [0.05, 0.1) is 22.0 Å². The van der Waals surface area contributed by atoms with E-state index in [-0.39, 0.29) is 5.91 Å². The number of carbonyl (C=O) groups is 1. The van der Waals surface area contributed by atoms with Crippen molar-refractivity contribution in [1.82, 2.24) is 0 Å². The molecule has 0 aromatic heterocycles. The summed E-state index contributed by atoms with van der Waals surface area (Å²) in [6.07, 6.45) is 1.85. The molecule has 0 saturated heterocycles. The van der Waals surface area contributed by atoms with Gasteiger partial charge in [-0.2, -0.15) is 10.1 Å². The second-order valence-electron chi connectivity index (χ2n) is 4.72. The minimum Gasteiger partial charge on any atom is -0.267 e. The van der Waals surface area contributed by atoms with Gasteiger partial charge in [0.2, 0.25) is 0 Å². The predicted octanol–water partition coefficient (Wildman–Crippen LogP) is 4.15. The predicted molar refractivity (Wildman–Crippen MR) is 86.5 cm³/mol. The monoisotopic (exact) mass is 296 g/mol. The third-order valence-electron chi connectivity index (χ3n) is 3.25. The van der Waals surface area contributed by atoms with Crippen LogP contribution in [0.2, 0.25) is 5.02 Å². The van der Waals surface area contributed by atoms with Crippen LogP contribution in [-0.4, -0.2) is 11.6 Å². The number of amides is 1. The fourth-order valence-corrected chi connectivity index (χ4v) is 2.40. The first-order chi connectivity index (χ1) is 10.2. The topological polar surface area (TPSA) is 32.7 Å². The van der Waals surface area contributed by atoms with E-state index in [1.54, 1.807) is 12.1 Å². The molecule has 21 heavy (non-hydrogen) atoms. The summed E-state index contributed by atoms with van der Waals surface area (Å²) in [5.74, 6) is -0.163. The molecule has 1 aliphatic heterocycles. The number of para-hydroxylation sites is 1. The van der Waals surface area contributed by atoms with E-state index in [2.05, 4.69) is 5.10 Å². The zero-order chi connectivity index (χ0) is 14.8. The molecule has 0 aliphatic carbocycles. The van der Waals surface area contributed by atoms with Gasteiger partial charge in [-0.15, -0.1) is 0 Å². The highest BCUT2D eigenvalue weighted by atomic mass is 35.5. The summed E-state index contributed by atoms with van der Waals surface area (Å²) in [5.41, 5.74) is 2.83. The first-order valence-electron chi connectivity index (χ1n) is 6.58. The van der Waals surface area contributed by atoms with Gasteiger partial charge in [-0.25, -0.2) is 0 Å². The molecule has 0 radical (unpaired) electrons. The number of benzene rings is 2. The SMILES string of the molecule is CC1=NN(c2ccccc2Cl)C(=O)/C1=C\c1ccccc1. The Morgan fingerprint density at radius 1 is 1.05 bits per heavy atom. The molecule has 4 heteroatoms. The number of hydrazone groups is 1. The number of hydrogen-bond donors (Lipinski definition) is 0. The zero-order valence-corrected chi connectivity index (χ0v) is 12.2. The van der Waals surface area contributed by atoms with Gasteiger partial charge >= 0.3 is 0 Å². The van der Waals surface area contributed by atoms with Gasteiger partial charge in [0.1, 0.15) is 0 Å². The Balaban J connectivity index is 1.99. The highest BCUT2D eigenvalue weighted by Crippen LogP contribution is 2.30. The van der Waals surface area contributed by atoms with E-state index in [9.17, 15) is 4.79 Å².